The van der Waals surface area contributed by atoms with E-state index < -0.39 is 11.9 Å². The first kappa shape index (κ1) is 15.9. The third kappa shape index (κ3) is 3.23. The van der Waals surface area contributed by atoms with Crippen LogP contribution in [0.4, 0.5) is 5.69 Å². The lowest BCUT2D eigenvalue weighted by molar-refractivity contribution is 0.0683. The Morgan fingerprint density at radius 3 is 2.27 bits per heavy atom. The van der Waals surface area contributed by atoms with E-state index in [9.17, 15) is 19.8 Å². The van der Waals surface area contributed by atoms with E-state index >= 15 is 0 Å². The summed E-state index contributed by atoms with van der Waals surface area (Å²) in [6.07, 6.45) is 0.552. The van der Waals surface area contributed by atoms with E-state index in [4.69, 9.17) is 5.73 Å². The molecule has 0 unspecified atom stereocenters. The number of nitrogen functional groups attached to an aromatic ring is 1. The lowest BCUT2D eigenvalue weighted by Crippen LogP contribution is -2.04. The summed E-state index contributed by atoms with van der Waals surface area (Å²) in [6, 6.07) is 9.76. The number of benzene rings is 2. The molecule has 0 fully saturated rings. The van der Waals surface area contributed by atoms with Gasteiger partial charge in [-0.2, -0.15) is 0 Å². The fourth-order valence-corrected chi connectivity index (χ4v) is 3.10. The zero-order chi connectivity index (χ0) is 16.3. The topological polar surface area (TPSA) is 101 Å². The molecule has 0 saturated heterocycles. The van der Waals surface area contributed by atoms with Crippen molar-refractivity contribution < 1.29 is 19.8 Å². The molecule has 4 N–H and O–H groups in total. The third-order valence-electron chi connectivity index (χ3n) is 3.18. The Labute approximate surface area is 131 Å². The SMILES string of the molecule is CCc1cc(Sc2ccccc2C(=O)O)c(N)cc1C(=O)O. The maximum absolute atomic E-state index is 11.2. The van der Waals surface area contributed by atoms with Crippen molar-refractivity contribution in [1.29, 1.82) is 0 Å². The maximum Gasteiger partial charge on any atom is 0.336 e. The summed E-state index contributed by atoms with van der Waals surface area (Å²) in [4.78, 5) is 23.7. The molecule has 0 spiro atoms. The molecule has 2 aromatic rings. The fraction of sp³-hybridized carbons (Fsp3) is 0.125. The fourth-order valence-electron chi connectivity index (χ4n) is 2.07. The minimum atomic E-state index is -1.02. The maximum atomic E-state index is 11.2. The van der Waals surface area contributed by atoms with Crippen LogP contribution in [0.5, 0.6) is 0 Å². The van der Waals surface area contributed by atoms with Crippen LogP contribution in [-0.4, -0.2) is 22.2 Å². The van der Waals surface area contributed by atoms with Crippen molar-refractivity contribution in [1.82, 2.24) is 0 Å². The Morgan fingerprint density at radius 2 is 1.68 bits per heavy atom. The van der Waals surface area contributed by atoms with E-state index in [0.717, 1.165) is 0 Å². The largest absolute Gasteiger partial charge is 0.478 e. The van der Waals surface area contributed by atoms with Crippen LogP contribution in [0.15, 0.2) is 46.2 Å². The van der Waals surface area contributed by atoms with Gasteiger partial charge >= 0.3 is 11.9 Å². The number of carbonyl (C=O) groups is 2. The van der Waals surface area contributed by atoms with Crippen LogP contribution in [0.3, 0.4) is 0 Å². The summed E-state index contributed by atoms with van der Waals surface area (Å²) in [5.74, 6) is -2.04. The first-order valence-corrected chi connectivity index (χ1v) is 7.41. The van der Waals surface area contributed by atoms with E-state index in [1.54, 1.807) is 24.3 Å². The van der Waals surface area contributed by atoms with Crippen molar-refractivity contribution in [3.05, 3.63) is 53.1 Å². The molecule has 2 aromatic carbocycles. The predicted octanol–water partition coefficient (Wildman–Crippen LogP) is 3.38. The summed E-state index contributed by atoms with van der Waals surface area (Å²) >= 11 is 1.22. The number of nitrogens with two attached hydrogens (primary N) is 1. The minimum absolute atomic E-state index is 0.177. The van der Waals surface area contributed by atoms with Gasteiger partial charge in [0.15, 0.2) is 0 Å². The molecule has 5 nitrogen and oxygen atoms in total. The molecule has 2 rings (SSSR count). The molecular weight excluding hydrogens is 302 g/mol. The van der Waals surface area contributed by atoms with Crippen LogP contribution in [-0.2, 0) is 6.42 Å². The molecule has 0 saturated carbocycles. The van der Waals surface area contributed by atoms with Crippen molar-refractivity contribution in [2.75, 3.05) is 5.73 Å². The highest BCUT2D eigenvalue weighted by Gasteiger charge is 2.16. The lowest BCUT2D eigenvalue weighted by Gasteiger charge is -2.12. The Hall–Kier alpha value is -2.47. The van der Waals surface area contributed by atoms with Crippen molar-refractivity contribution in [2.24, 2.45) is 0 Å². The van der Waals surface area contributed by atoms with Gasteiger partial charge < -0.3 is 15.9 Å². The van der Waals surface area contributed by atoms with E-state index in [0.29, 0.717) is 27.5 Å². The van der Waals surface area contributed by atoms with E-state index in [1.807, 2.05) is 6.92 Å². The number of anilines is 1. The Morgan fingerprint density at radius 1 is 1.05 bits per heavy atom. The number of hydrogen-bond acceptors (Lipinski definition) is 4. The summed E-state index contributed by atoms with van der Waals surface area (Å²) < 4.78 is 0. The average Bonchev–Trinajstić information content (AvgIpc) is 2.49. The molecule has 0 bridgehead atoms. The van der Waals surface area contributed by atoms with Gasteiger partial charge in [0.05, 0.1) is 11.1 Å². The predicted molar refractivity (Wildman–Crippen MR) is 84.7 cm³/mol. The van der Waals surface area contributed by atoms with Crippen LogP contribution in [0.2, 0.25) is 0 Å². The Bertz CT molecular complexity index is 743. The van der Waals surface area contributed by atoms with Gasteiger partial charge in [-0.05, 0) is 36.2 Å². The number of carboxylic acid groups (broad SMARTS) is 2. The van der Waals surface area contributed by atoms with Gasteiger partial charge in [-0.15, -0.1) is 0 Å². The molecule has 6 heteroatoms. The van der Waals surface area contributed by atoms with Crippen molar-refractivity contribution in [3.8, 4) is 0 Å². The third-order valence-corrected chi connectivity index (χ3v) is 4.33. The first-order chi connectivity index (χ1) is 10.4. The van der Waals surface area contributed by atoms with Gasteiger partial charge in [0.2, 0.25) is 0 Å². The van der Waals surface area contributed by atoms with Gasteiger partial charge in [0.25, 0.3) is 0 Å². The summed E-state index contributed by atoms with van der Waals surface area (Å²) in [7, 11) is 0. The number of rotatable bonds is 5. The molecule has 0 aliphatic rings. The zero-order valence-electron chi connectivity index (χ0n) is 11.9. The zero-order valence-corrected chi connectivity index (χ0v) is 12.7. The molecule has 0 radical (unpaired) electrons. The van der Waals surface area contributed by atoms with Gasteiger partial charge in [-0.25, -0.2) is 9.59 Å². The summed E-state index contributed by atoms with van der Waals surface area (Å²) in [5, 5.41) is 18.4. The average molecular weight is 317 g/mol. The van der Waals surface area contributed by atoms with Gasteiger partial charge in [-0.3, -0.25) is 0 Å². The number of hydrogen-bond donors (Lipinski definition) is 3. The van der Waals surface area contributed by atoms with E-state index in [1.165, 1.54) is 23.9 Å². The Kier molecular flexibility index (Phi) is 4.72. The van der Waals surface area contributed by atoms with Crippen LogP contribution < -0.4 is 5.73 Å². The highest BCUT2D eigenvalue weighted by atomic mass is 32.2. The second kappa shape index (κ2) is 6.53. The van der Waals surface area contributed by atoms with E-state index in [-0.39, 0.29) is 11.1 Å². The van der Waals surface area contributed by atoms with Crippen LogP contribution in [0.1, 0.15) is 33.2 Å². The van der Waals surface area contributed by atoms with Gasteiger partial charge in [-0.1, -0.05) is 30.8 Å². The second-order valence-corrected chi connectivity index (χ2v) is 5.69. The molecular formula is C16H15NO4S. The van der Waals surface area contributed by atoms with Crippen LogP contribution >= 0.6 is 11.8 Å². The van der Waals surface area contributed by atoms with Gasteiger partial charge in [0, 0.05) is 15.5 Å². The van der Waals surface area contributed by atoms with Crippen molar-refractivity contribution in [2.45, 2.75) is 23.1 Å². The molecule has 0 aliphatic carbocycles. The van der Waals surface area contributed by atoms with Gasteiger partial charge in [0.1, 0.15) is 0 Å². The standard InChI is InChI=1S/C16H15NO4S/c1-2-9-7-14(12(17)8-11(9)16(20)21)22-13-6-4-3-5-10(13)15(18)19/h3-8H,2,17H2,1H3,(H,18,19)(H,20,21). The molecule has 0 amide bonds. The monoisotopic (exact) mass is 317 g/mol. The summed E-state index contributed by atoms with van der Waals surface area (Å²) in [5.41, 5.74) is 7.27. The molecule has 114 valence electrons. The number of carboxylic acids is 2. The smallest absolute Gasteiger partial charge is 0.336 e. The van der Waals surface area contributed by atoms with Crippen LogP contribution in [0, 0.1) is 0 Å². The number of aryl methyl sites for hydroxylation is 1. The highest BCUT2D eigenvalue weighted by Crippen LogP contribution is 2.36. The molecule has 0 heterocycles. The van der Waals surface area contributed by atoms with Crippen LogP contribution in [0.25, 0.3) is 0 Å². The quantitative estimate of drug-likeness (QED) is 0.731. The highest BCUT2D eigenvalue weighted by molar-refractivity contribution is 7.99. The van der Waals surface area contributed by atoms with Crippen molar-refractivity contribution in [3.63, 3.8) is 0 Å². The van der Waals surface area contributed by atoms with E-state index in [2.05, 4.69) is 0 Å². The Balaban J connectivity index is 2.47. The second-order valence-electron chi connectivity index (χ2n) is 4.61. The first-order valence-electron chi connectivity index (χ1n) is 6.60. The van der Waals surface area contributed by atoms with Crippen molar-refractivity contribution >= 4 is 29.4 Å². The number of aromatic carboxylic acids is 2. The lowest BCUT2D eigenvalue weighted by atomic mass is 10.0. The molecule has 22 heavy (non-hydrogen) atoms. The summed E-state index contributed by atoms with van der Waals surface area (Å²) in [6.45, 7) is 1.86. The normalized spacial score (nSPS) is 10.4. The molecule has 0 aliphatic heterocycles. The minimum Gasteiger partial charge on any atom is -0.478 e. The molecule has 0 aromatic heterocycles. The molecule has 0 atom stereocenters.